The Kier molecular flexibility index (Phi) is 7.11. The van der Waals surface area contributed by atoms with Crippen LogP contribution < -0.4 is 10.7 Å². The highest BCUT2D eigenvalue weighted by Gasteiger charge is 2.22. The summed E-state index contributed by atoms with van der Waals surface area (Å²) in [5.41, 5.74) is 6.80. The molecule has 0 atom stereocenters. The predicted molar refractivity (Wildman–Crippen MR) is 120 cm³/mol. The lowest BCUT2D eigenvalue weighted by Crippen LogP contribution is -2.27. The van der Waals surface area contributed by atoms with Gasteiger partial charge in [-0.15, -0.1) is 0 Å². The third-order valence-corrected chi connectivity index (χ3v) is 4.77. The van der Waals surface area contributed by atoms with Gasteiger partial charge in [0, 0.05) is 12.1 Å². The van der Waals surface area contributed by atoms with Crippen molar-refractivity contribution >= 4 is 23.2 Å². The minimum absolute atomic E-state index is 0.0340. The zero-order chi connectivity index (χ0) is 21.3. The molecule has 0 aliphatic heterocycles. The maximum absolute atomic E-state index is 13.0. The Balaban J connectivity index is 1.76. The van der Waals surface area contributed by atoms with E-state index in [1.54, 1.807) is 6.92 Å². The molecule has 0 aliphatic carbocycles. The van der Waals surface area contributed by atoms with Gasteiger partial charge in [-0.25, -0.2) is 5.43 Å². The highest BCUT2D eigenvalue weighted by Crippen LogP contribution is 2.24. The Morgan fingerprint density at radius 1 is 0.833 bits per heavy atom. The molecule has 0 bridgehead atoms. The quantitative estimate of drug-likeness (QED) is 0.446. The second-order valence-corrected chi connectivity index (χ2v) is 6.91. The summed E-state index contributed by atoms with van der Waals surface area (Å²) in [6, 6.07) is 26.7. The van der Waals surface area contributed by atoms with E-state index < -0.39 is 5.92 Å². The van der Waals surface area contributed by atoms with E-state index in [-0.39, 0.29) is 11.8 Å². The summed E-state index contributed by atoms with van der Waals surface area (Å²) in [5.74, 6) is -0.678. The predicted octanol–water partition coefficient (Wildman–Crippen LogP) is 4.71. The molecule has 0 saturated heterocycles. The molecule has 2 N–H and O–H groups in total. The normalized spacial score (nSPS) is 11.2. The molecule has 0 fully saturated rings. The lowest BCUT2D eigenvalue weighted by Gasteiger charge is -2.16. The van der Waals surface area contributed by atoms with Crippen LogP contribution in [-0.2, 0) is 9.59 Å². The van der Waals surface area contributed by atoms with Crippen molar-refractivity contribution in [3.8, 4) is 0 Å². The van der Waals surface area contributed by atoms with Crippen molar-refractivity contribution in [3.05, 3.63) is 102 Å². The van der Waals surface area contributed by atoms with Crippen LogP contribution in [0.2, 0.25) is 0 Å². The molecule has 5 heteroatoms. The first-order valence-electron chi connectivity index (χ1n) is 9.92. The van der Waals surface area contributed by atoms with Crippen molar-refractivity contribution < 1.29 is 9.59 Å². The summed E-state index contributed by atoms with van der Waals surface area (Å²) in [6.07, 6.45) is 0.429. The number of nitrogens with zero attached hydrogens (tertiary/aromatic N) is 1. The smallest absolute Gasteiger partial charge is 0.252 e. The van der Waals surface area contributed by atoms with Crippen LogP contribution in [0, 0.1) is 0 Å². The van der Waals surface area contributed by atoms with Crippen molar-refractivity contribution in [2.24, 2.45) is 5.10 Å². The first kappa shape index (κ1) is 21.0. The summed E-state index contributed by atoms with van der Waals surface area (Å²) < 4.78 is 0. The maximum Gasteiger partial charge on any atom is 0.252 e. The zero-order valence-electron chi connectivity index (χ0n) is 17.1. The summed E-state index contributed by atoms with van der Waals surface area (Å²) in [6.45, 7) is 3.64. The van der Waals surface area contributed by atoms with E-state index >= 15 is 0 Å². The van der Waals surface area contributed by atoms with Gasteiger partial charge in [0.1, 0.15) is 0 Å². The molecule has 0 radical (unpaired) electrons. The number of amides is 2. The van der Waals surface area contributed by atoms with Gasteiger partial charge in [0.15, 0.2) is 0 Å². The summed E-state index contributed by atoms with van der Waals surface area (Å²) >= 11 is 0. The first-order chi connectivity index (χ1) is 14.6. The van der Waals surface area contributed by atoms with Crippen molar-refractivity contribution in [2.75, 3.05) is 5.32 Å². The molecule has 0 aromatic heterocycles. The number of hydrogen-bond donors (Lipinski definition) is 2. The van der Waals surface area contributed by atoms with Crippen LogP contribution in [0.4, 0.5) is 5.69 Å². The Morgan fingerprint density at radius 3 is 1.87 bits per heavy atom. The highest BCUT2D eigenvalue weighted by molar-refractivity contribution is 6.00. The first-order valence-corrected chi connectivity index (χ1v) is 9.92. The fourth-order valence-corrected chi connectivity index (χ4v) is 3.10. The summed E-state index contributed by atoms with van der Waals surface area (Å²) in [5, 5.41) is 7.11. The van der Waals surface area contributed by atoms with Gasteiger partial charge in [-0.1, -0.05) is 79.7 Å². The van der Waals surface area contributed by atoms with Crippen LogP contribution in [-0.4, -0.2) is 17.5 Å². The van der Waals surface area contributed by atoms with Crippen molar-refractivity contribution in [2.45, 2.75) is 26.2 Å². The number of rotatable bonds is 7. The van der Waals surface area contributed by atoms with E-state index in [4.69, 9.17) is 0 Å². The molecule has 2 amide bonds. The lowest BCUT2D eigenvalue weighted by atomic mass is 9.91. The molecule has 3 aromatic carbocycles. The number of hydrazone groups is 1. The number of carbonyl (C=O) groups is 2. The number of nitrogens with one attached hydrogen (secondary N) is 2. The molecule has 152 valence electrons. The standard InChI is InChI=1S/C25H25N3O2/c1-3-23(29)26-22-16-14-19(15-17-22)18(2)27-28-25(30)24(20-10-6-4-7-11-20)21-12-8-5-9-13-21/h4-17,24H,3H2,1-2H3,(H,26,29)(H,28,30). The van der Waals surface area contributed by atoms with Gasteiger partial charge in [-0.2, -0.15) is 5.10 Å². The van der Waals surface area contributed by atoms with E-state index in [0.717, 1.165) is 22.4 Å². The maximum atomic E-state index is 13.0. The second-order valence-electron chi connectivity index (χ2n) is 6.91. The van der Waals surface area contributed by atoms with Gasteiger partial charge in [-0.05, 0) is 35.7 Å². The van der Waals surface area contributed by atoms with Gasteiger partial charge in [0.2, 0.25) is 5.91 Å². The number of hydrogen-bond acceptors (Lipinski definition) is 3. The van der Waals surface area contributed by atoms with Crippen LogP contribution in [0.5, 0.6) is 0 Å². The minimum Gasteiger partial charge on any atom is -0.326 e. The van der Waals surface area contributed by atoms with Crippen LogP contribution in [0.1, 0.15) is 42.9 Å². The fraction of sp³-hybridized carbons (Fsp3) is 0.160. The highest BCUT2D eigenvalue weighted by atomic mass is 16.2. The Labute approximate surface area is 176 Å². The van der Waals surface area contributed by atoms with E-state index in [9.17, 15) is 9.59 Å². The average Bonchev–Trinajstić information content (AvgIpc) is 2.79. The fourth-order valence-electron chi connectivity index (χ4n) is 3.10. The SMILES string of the molecule is CCC(=O)Nc1ccc(C(C)=NNC(=O)C(c2ccccc2)c2ccccc2)cc1. The summed E-state index contributed by atoms with van der Waals surface area (Å²) in [4.78, 5) is 24.5. The largest absolute Gasteiger partial charge is 0.326 e. The molecule has 3 rings (SSSR count). The molecular formula is C25H25N3O2. The molecule has 0 spiro atoms. The van der Waals surface area contributed by atoms with E-state index in [1.165, 1.54) is 0 Å². The van der Waals surface area contributed by atoms with Gasteiger partial charge >= 0.3 is 0 Å². The minimum atomic E-state index is -0.449. The lowest BCUT2D eigenvalue weighted by molar-refractivity contribution is -0.121. The van der Waals surface area contributed by atoms with Gasteiger partial charge in [0.05, 0.1) is 11.6 Å². The molecule has 3 aromatic rings. The molecule has 0 aliphatic rings. The molecule has 0 unspecified atom stereocenters. The number of carbonyl (C=O) groups excluding carboxylic acids is 2. The van der Waals surface area contributed by atoms with Crippen molar-refractivity contribution in [3.63, 3.8) is 0 Å². The Bertz CT molecular complexity index is 974. The van der Waals surface area contributed by atoms with E-state index in [1.807, 2.05) is 91.9 Å². The summed E-state index contributed by atoms with van der Waals surface area (Å²) in [7, 11) is 0. The Morgan fingerprint density at radius 2 is 1.37 bits per heavy atom. The van der Waals surface area contributed by atoms with Crippen LogP contribution >= 0.6 is 0 Å². The second kappa shape index (κ2) is 10.2. The molecular weight excluding hydrogens is 374 g/mol. The van der Waals surface area contributed by atoms with Crippen LogP contribution in [0.3, 0.4) is 0 Å². The number of benzene rings is 3. The van der Waals surface area contributed by atoms with Crippen molar-refractivity contribution in [1.82, 2.24) is 5.43 Å². The van der Waals surface area contributed by atoms with E-state index in [2.05, 4.69) is 15.8 Å². The molecule has 0 saturated carbocycles. The third-order valence-electron chi connectivity index (χ3n) is 4.77. The topological polar surface area (TPSA) is 70.6 Å². The molecule has 0 heterocycles. The van der Waals surface area contributed by atoms with Crippen molar-refractivity contribution in [1.29, 1.82) is 0 Å². The van der Waals surface area contributed by atoms with Crippen LogP contribution in [0.15, 0.2) is 90.0 Å². The van der Waals surface area contributed by atoms with E-state index in [0.29, 0.717) is 12.1 Å². The number of anilines is 1. The third kappa shape index (κ3) is 5.41. The molecule has 5 nitrogen and oxygen atoms in total. The van der Waals surface area contributed by atoms with Gasteiger partial charge < -0.3 is 5.32 Å². The van der Waals surface area contributed by atoms with Crippen LogP contribution in [0.25, 0.3) is 0 Å². The van der Waals surface area contributed by atoms with Gasteiger partial charge in [0.25, 0.3) is 5.91 Å². The van der Waals surface area contributed by atoms with Gasteiger partial charge in [-0.3, -0.25) is 9.59 Å². The zero-order valence-corrected chi connectivity index (χ0v) is 17.1. The molecule has 30 heavy (non-hydrogen) atoms. The Hall–Kier alpha value is -3.73. The average molecular weight is 399 g/mol. The monoisotopic (exact) mass is 399 g/mol.